The molecule has 4 heteroatoms. The van der Waals surface area contributed by atoms with Gasteiger partial charge in [0.15, 0.2) is 0 Å². The van der Waals surface area contributed by atoms with E-state index in [2.05, 4.69) is 6.07 Å². The van der Waals surface area contributed by atoms with Gasteiger partial charge in [-0.15, -0.1) is 0 Å². The van der Waals surface area contributed by atoms with Gasteiger partial charge in [-0.2, -0.15) is 5.26 Å². The van der Waals surface area contributed by atoms with Gasteiger partial charge in [-0.1, -0.05) is 12.8 Å². The molecule has 0 unspecified atom stereocenters. The van der Waals surface area contributed by atoms with E-state index in [4.69, 9.17) is 5.26 Å². The molecule has 92 valence electrons. The van der Waals surface area contributed by atoms with Crippen molar-refractivity contribution in [2.45, 2.75) is 46.0 Å². The van der Waals surface area contributed by atoms with Crippen LogP contribution < -0.4 is 0 Å². The monoisotopic (exact) mass is 234 g/mol. The molecule has 2 fully saturated rings. The van der Waals surface area contributed by atoms with Crippen molar-refractivity contribution < 1.29 is 9.59 Å². The van der Waals surface area contributed by atoms with Crippen LogP contribution in [0.3, 0.4) is 0 Å². The summed E-state index contributed by atoms with van der Waals surface area (Å²) in [4.78, 5) is 25.6. The number of nitriles is 1. The molecule has 0 atom stereocenters. The molecule has 1 saturated heterocycles. The van der Waals surface area contributed by atoms with Crippen LogP contribution in [0.2, 0.25) is 0 Å². The highest BCUT2D eigenvalue weighted by molar-refractivity contribution is 6.06. The molecule has 1 saturated carbocycles. The average molecular weight is 234 g/mol. The van der Waals surface area contributed by atoms with Crippen molar-refractivity contribution in [2.75, 3.05) is 6.54 Å². The predicted molar refractivity (Wildman–Crippen MR) is 61.6 cm³/mol. The van der Waals surface area contributed by atoms with Crippen molar-refractivity contribution in [1.29, 1.82) is 5.26 Å². The van der Waals surface area contributed by atoms with Crippen molar-refractivity contribution in [1.82, 2.24) is 4.90 Å². The molecule has 4 nitrogen and oxygen atoms in total. The number of hydrogen-bond donors (Lipinski definition) is 0. The third-order valence-electron chi connectivity index (χ3n) is 3.91. The first-order valence-corrected chi connectivity index (χ1v) is 6.16. The van der Waals surface area contributed by atoms with Gasteiger partial charge in [0.05, 0.1) is 16.9 Å². The number of likely N-dealkylation sites (tertiary alicyclic amines) is 1. The summed E-state index contributed by atoms with van der Waals surface area (Å²) in [7, 11) is 0. The Hall–Kier alpha value is -1.37. The molecule has 1 heterocycles. The third kappa shape index (κ3) is 1.95. The van der Waals surface area contributed by atoms with E-state index in [0.717, 1.165) is 25.7 Å². The molecule has 0 N–H and O–H groups in total. The maximum absolute atomic E-state index is 12.3. The topological polar surface area (TPSA) is 61.2 Å². The van der Waals surface area contributed by atoms with Crippen molar-refractivity contribution in [3.05, 3.63) is 0 Å². The first kappa shape index (κ1) is 12.1. The van der Waals surface area contributed by atoms with Gasteiger partial charge in [-0.3, -0.25) is 14.5 Å². The molecule has 1 spiro atoms. The molecule has 0 aromatic carbocycles. The van der Waals surface area contributed by atoms with Crippen LogP contribution >= 0.6 is 0 Å². The maximum Gasteiger partial charge on any atom is 0.235 e. The normalized spacial score (nSPS) is 23.5. The average Bonchev–Trinajstić information content (AvgIpc) is 2.81. The molecule has 1 aliphatic heterocycles. The quantitative estimate of drug-likeness (QED) is 0.685. The molecule has 1 aliphatic carbocycles. The molecule has 0 aromatic heterocycles. The van der Waals surface area contributed by atoms with Crippen LogP contribution in [0, 0.1) is 22.2 Å². The molecule has 2 aliphatic rings. The first-order valence-electron chi connectivity index (χ1n) is 6.16. The summed E-state index contributed by atoms with van der Waals surface area (Å²) in [5.74, 6) is -0.136. The van der Waals surface area contributed by atoms with E-state index < -0.39 is 10.8 Å². The molecule has 0 radical (unpaired) electrons. The van der Waals surface area contributed by atoms with E-state index >= 15 is 0 Å². The van der Waals surface area contributed by atoms with Crippen molar-refractivity contribution >= 4 is 11.8 Å². The fraction of sp³-hybridized carbons (Fsp3) is 0.769. The van der Waals surface area contributed by atoms with Crippen LogP contribution in [0.5, 0.6) is 0 Å². The Morgan fingerprint density at radius 3 is 2.47 bits per heavy atom. The van der Waals surface area contributed by atoms with Crippen LogP contribution in [-0.4, -0.2) is 23.3 Å². The highest BCUT2D eigenvalue weighted by Crippen LogP contribution is 2.47. The van der Waals surface area contributed by atoms with Gasteiger partial charge in [0.2, 0.25) is 11.8 Å². The van der Waals surface area contributed by atoms with Gasteiger partial charge in [0.25, 0.3) is 0 Å². The van der Waals surface area contributed by atoms with Gasteiger partial charge in [-0.25, -0.2) is 0 Å². The van der Waals surface area contributed by atoms with Crippen LogP contribution in [0.4, 0.5) is 0 Å². The zero-order valence-corrected chi connectivity index (χ0v) is 10.5. The second-order valence-electron chi connectivity index (χ2n) is 5.94. The molecule has 0 bridgehead atoms. The Balaban J connectivity index is 2.18. The van der Waals surface area contributed by atoms with Crippen molar-refractivity contribution in [3.8, 4) is 6.07 Å². The summed E-state index contributed by atoms with van der Waals surface area (Å²) >= 11 is 0. The van der Waals surface area contributed by atoms with E-state index in [9.17, 15) is 9.59 Å². The van der Waals surface area contributed by atoms with Crippen molar-refractivity contribution in [3.63, 3.8) is 0 Å². The lowest BCUT2D eigenvalue weighted by molar-refractivity contribution is -0.142. The number of carbonyl (C=O) groups is 2. The molecular weight excluding hydrogens is 216 g/mol. The standard InChI is InChI=1S/C13H18N2O2/c1-12(2,8-14)9-15-10(16)7-13(11(15)17)5-3-4-6-13/h3-7,9H2,1-2H3. The molecular formula is C13H18N2O2. The zero-order valence-electron chi connectivity index (χ0n) is 10.5. The van der Waals surface area contributed by atoms with E-state index in [1.54, 1.807) is 13.8 Å². The number of carbonyl (C=O) groups excluding carboxylic acids is 2. The van der Waals surface area contributed by atoms with E-state index in [0.29, 0.717) is 6.42 Å². The second-order valence-corrected chi connectivity index (χ2v) is 5.94. The molecule has 2 rings (SSSR count). The van der Waals surface area contributed by atoms with Gasteiger partial charge in [-0.05, 0) is 26.7 Å². The summed E-state index contributed by atoms with van der Waals surface area (Å²) < 4.78 is 0. The van der Waals surface area contributed by atoms with Crippen LogP contribution in [0.25, 0.3) is 0 Å². The Labute approximate surface area is 102 Å². The van der Waals surface area contributed by atoms with E-state index in [1.807, 2.05) is 0 Å². The van der Waals surface area contributed by atoms with Crippen LogP contribution in [-0.2, 0) is 9.59 Å². The first-order chi connectivity index (χ1) is 7.90. The molecule has 0 aromatic rings. The van der Waals surface area contributed by atoms with Gasteiger partial charge >= 0.3 is 0 Å². The predicted octanol–water partition coefficient (Wildman–Crippen LogP) is 1.86. The van der Waals surface area contributed by atoms with Crippen LogP contribution in [0.15, 0.2) is 0 Å². The van der Waals surface area contributed by atoms with Gasteiger partial charge in [0.1, 0.15) is 0 Å². The van der Waals surface area contributed by atoms with Gasteiger partial charge in [0, 0.05) is 13.0 Å². The molecule has 17 heavy (non-hydrogen) atoms. The minimum Gasteiger partial charge on any atom is -0.281 e. The van der Waals surface area contributed by atoms with E-state index in [-0.39, 0.29) is 18.4 Å². The lowest BCUT2D eigenvalue weighted by atomic mass is 9.84. The lowest BCUT2D eigenvalue weighted by Gasteiger charge is -2.25. The minimum atomic E-state index is -0.657. The summed E-state index contributed by atoms with van der Waals surface area (Å²) in [5.41, 5.74) is -1.07. The SMILES string of the molecule is CC(C)(C#N)CN1C(=O)CC2(CCCC2)C1=O. The lowest BCUT2D eigenvalue weighted by Crippen LogP contribution is -2.40. The Bertz CT molecular complexity index is 400. The summed E-state index contributed by atoms with van der Waals surface area (Å²) in [5, 5.41) is 8.98. The minimum absolute atomic E-state index is 0.0386. The smallest absolute Gasteiger partial charge is 0.235 e. The van der Waals surface area contributed by atoms with Crippen molar-refractivity contribution in [2.24, 2.45) is 10.8 Å². The highest BCUT2D eigenvalue weighted by Gasteiger charge is 2.53. The summed E-state index contributed by atoms with van der Waals surface area (Å²) in [6.07, 6.45) is 4.10. The van der Waals surface area contributed by atoms with Gasteiger partial charge < -0.3 is 0 Å². The summed E-state index contributed by atoms with van der Waals surface area (Å²) in [6, 6.07) is 2.14. The van der Waals surface area contributed by atoms with E-state index in [1.165, 1.54) is 4.90 Å². The highest BCUT2D eigenvalue weighted by atomic mass is 16.2. The number of hydrogen-bond acceptors (Lipinski definition) is 3. The third-order valence-corrected chi connectivity index (χ3v) is 3.91. The Morgan fingerprint density at radius 2 is 1.94 bits per heavy atom. The maximum atomic E-state index is 12.3. The number of nitrogens with zero attached hydrogens (tertiary/aromatic N) is 2. The number of rotatable bonds is 2. The number of amides is 2. The second kappa shape index (κ2) is 3.83. The Morgan fingerprint density at radius 1 is 1.35 bits per heavy atom. The fourth-order valence-electron chi connectivity index (χ4n) is 2.89. The number of imide groups is 1. The Kier molecular flexibility index (Phi) is 2.73. The summed E-state index contributed by atoms with van der Waals surface area (Å²) in [6.45, 7) is 3.74. The zero-order chi connectivity index (χ0) is 12.7. The fourth-order valence-corrected chi connectivity index (χ4v) is 2.89. The van der Waals surface area contributed by atoms with Crippen LogP contribution in [0.1, 0.15) is 46.0 Å². The largest absolute Gasteiger partial charge is 0.281 e. The molecule has 2 amide bonds.